The first-order valence-corrected chi connectivity index (χ1v) is 37.7. The second-order valence-corrected chi connectivity index (χ2v) is 25.9. The van der Waals surface area contributed by atoms with E-state index in [1.807, 2.05) is 0 Å². The van der Waals surface area contributed by atoms with Crippen molar-refractivity contribution in [2.75, 3.05) is 13.2 Å². The van der Waals surface area contributed by atoms with Gasteiger partial charge >= 0.3 is 17.9 Å². The van der Waals surface area contributed by atoms with Crippen molar-refractivity contribution in [1.29, 1.82) is 0 Å². The van der Waals surface area contributed by atoms with E-state index in [0.29, 0.717) is 19.3 Å². The summed E-state index contributed by atoms with van der Waals surface area (Å²) in [5.41, 5.74) is 0. The minimum absolute atomic E-state index is 0.0666. The largest absolute Gasteiger partial charge is 0.462 e. The maximum Gasteiger partial charge on any atom is 0.306 e. The first-order valence-electron chi connectivity index (χ1n) is 37.7. The van der Waals surface area contributed by atoms with Gasteiger partial charge in [-0.1, -0.05) is 386 Å². The predicted molar refractivity (Wildman–Crippen MR) is 358 cm³/mol. The molecule has 1 unspecified atom stereocenters. The van der Waals surface area contributed by atoms with E-state index in [1.165, 1.54) is 334 Å². The molecule has 486 valence electrons. The Hall–Kier alpha value is -1.85. The van der Waals surface area contributed by atoms with E-state index in [-0.39, 0.29) is 31.1 Å². The molecule has 0 saturated carbocycles. The average Bonchev–Trinajstić information content (AvgIpc) is 3.47. The maximum atomic E-state index is 12.9. The van der Waals surface area contributed by atoms with Crippen molar-refractivity contribution >= 4 is 17.9 Å². The third-order valence-electron chi connectivity index (χ3n) is 17.5. The summed E-state index contributed by atoms with van der Waals surface area (Å²) in [6.07, 6.45) is 87.1. The highest BCUT2D eigenvalue weighted by molar-refractivity contribution is 5.71. The highest BCUT2D eigenvalue weighted by atomic mass is 16.6. The Kier molecular flexibility index (Phi) is 70.0. The molecule has 0 N–H and O–H groups in total. The summed E-state index contributed by atoms with van der Waals surface area (Å²) in [6.45, 7) is 6.72. The Bertz CT molecular complexity index is 1280. The third kappa shape index (κ3) is 68.9. The first kappa shape index (κ1) is 80.2. The van der Waals surface area contributed by atoms with Gasteiger partial charge in [0.05, 0.1) is 0 Å². The van der Waals surface area contributed by atoms with Gasteiger partial charge < -0.3 is 14.2 Å². The minimum Gasteiger partial charge on any atom is -0.462 e. The lowest BCUT2D eigenvalue weighted by atomic mass is 10.0. The fraction of sp³-hybridized carbons (Fsp3) is 0.934. The van der Waals surface area contributed by atoms with E-state index in [2.05, 4.69) is 32.9 Å². The molecule has 1 atom stereocenters. The minimum atomic E-state index is -0.771. The number of hydrogen-bond acceptors (Lipinski definition) is 6. The predicted octanol–water partition coefficient (Wildman–Crippen LogP) is 26.0. The summed E-state index contributed by atoms with van der Waals surface area (Å²) in [5, 5.41) is 0. The summed E-state index contributed by atoms with van der Waals surface area (Å²) in [7, 11) is 0. The zero-order chi connectivity index (χ0) is 59.2. The zero-order valence-electron chi connectivity index (χ0n) is 56.1. The Labute approximate surface area is 513 Å². The first-order chi connectivity index (χ1) is 40.5. The third-order valence-corrected chi connectivity index (χ3v) is 17.5. The van der Waals surface area contributed by atoms with Gasteiger partial charge in [-0.3, -0.25) is 14.4 Å². The Morgan fingerprint density at radius 2 is 0.402 bits per heavy atom. The molecule has 0 heterocycles. The van der Waals surface area contributed by atoms with E-state index < -0.39 is 6.10 Å². The summed E-state index contributed by atoms with van der Waals surface area (Å²) < 4.78 is 17.0. The van der Waals surface area contributed by atoms with Crippen molar-refractivity contribution in [3.05, 3.63) is 12.2 Å². The van der Waals surface area contributed by atoms with Gasteiger partial charge in [0.1, 0.15) is 13.2 Å². The number of unbranched alkanes of at least 4 members (excludes halogenated alkanes) is 58. The van der Waals surface area contributed by atoms with Gasteiger partial charge in [-0.25, -0.2) is 0 Å². The van der Waals surface area contributed by atoms with E-state index in [0.717, 1.165) is 64.2 Å². The van der Waals surface area contributed by atoms with Gasteiger partial charge in [-0.2, -0.15) is 0 Å². The highest BCUT2D eigenvalue weighted by Crippen LogP contribution is 2.20. The standard InChI is InChI=1S/C76H146O6/c1-4-7-10-13-16-19-22-25-28-29-30-31-32-33-34-35-36-37-38-39-40-41-42-43-44-45-46-49-51-54-57-60-63-66-69-75(78)81-72-73(82-76(79)70-67-64-61-58-55-52-48-27-24-21-18-15-12-9-6-3)71-80-74(77)68-65-62-59-56-53-50-47-26-23-20-17-14-11-8-5-2/h27,48,73H,4-26,28-47,49-72H2,1-3H3/b48-27-. The molecule has 0 amide bonds. The maximum absolute atomic E-state index is 12.9. The number of allylic oxidation sites excluding steroid dienone is 2. The van der Waals surface area contributed by atoms with Crippen molar-refractivity contribution in [2.45, 2.75) is 444 Å². The molecule has 0 spiro atoms. The van der Waals surface area contributed by atoms with Crippen molar-refractivity contribution in [3.63, 3.8) is 0 Å². The molecule has 0 aliphatic carbocycles. The van der Waals surface area contributed by atoms with Crippen LogP contribution in [0.1, 0.15) is 438 Å². The number of carbonyl (C=O) groups is 3. The highest BCUT2D eigenvalue weighted by Gasteiger charge is 2.20. The fourth-order valence-electron chi connectivity index (χ4n) is 11.9. The van der Waals surface area contributed by atoms with E-state index in [9.17, 15) is 14.4 Å². The van der Waals surface area contributed by atoms with Gasteiger partial charge in [0.25, 0.3) is 0 Å². The molecule has 0 bridgehead atoms. The van der Waals surface area contributed by atoms with Crippen LogP contribution in [0.3, 0.4) is 0 Å². The summed E-state index contributed by atoms with van der Waals surface area (Å²) in [5.74, 6) is -0.840. The lowest BCUT2D eigenvalue weighted by Gasteiger charge is -2.18. The normalized spacial score (nSPS) is 12.0. The Morgan fingerprint density at radius 3 is 0.610 bits per heavy atom. The van der Waals surface area contributed by atoms with Crippen LogP contribution in [0.2, 0.25) is 0 Å². The smallest absolute Gasteiger partial charge is 0.306 e. The van der Waals surface area contributed by atoms with E-state index >= 15 is 0 Å². The summed E-state index contributed by atoms with van der Waals surface area (Å²) >= 11 is 0. The Morgan fingerprint density at radius 1 is 0.232 bits per heavy atom. The van der Waals surface area contributed by atoms with Gasteiger partial charge in [-0.15, -0.1) is 0 Å². The Balaban J connectivity index is 4.06. The van der Waals surface area contributed by atoms with Gasteiger partial charge in [0.2, 0.25) is 0 Å². The van der Waals surface area contributed by atoms with Crippen molar-refractivity contribution in [2.24, 2.45) is 0 Å². The number of hydrogen-bond donors (Lipinski definition) is 0. The fourth-order valence-corrected chi connectivity index (χ4v) is 11.9. The van der Waals surface area contributed by atoms with Gasteiger partial charge in [0, 0.05) is 19.3 Å². The molecule has 0 radical (unpaired) electrons. The van der Waals surface area contributed by atoms with Crippen molar-refractivity contribution in [1.82, 2.24) is 0 Å². The lowest BCUT2D eigenvalue weighted by molar-refractivity contribution is -0.167. The number of rotatable bonds is 71. The zero-order valence-corrected chi connectivity index (χ0v) is 56.1. The van der Waals surface area contributed by atoms with E-state index in [4.69, 9.17) is 14.2 Å². The number of esters is 3. The van der Waals surface area contributed by atoms with Crippen LogP contribution in [0, 0.1) is 0 Å². The molecule has 82 heavy (non-hydrogen) atoms. The topological polar surface area (TPSA) is 78.9 Å². The number of carbonyl (C=O) groups excluding carboxylic acids is 3. The average molecular weight is 1160 g/mol. The van der Waals surface area contributed by atoms with Gasteiger partial charge in [0.15, 0.2) is 6.10 Å². The van der Waals surface area contributed by atoms with Crippen LogP contribution in [-0.4, -0.2) is 37.2 Å². The van der Waals surface area contributed by atoms with Crippen LogP contribution >= 0.6 is 0 Å². The molecule has 6 nitrogen and oxygen atoms in total. The van der Waals surface area contributed by atoms with Crippen LogP contribution in [0.4, 0.5) is 0 Å². The van der Waals surface area contributed by atoms with Crippen LogP contribution in [0.25, 0.3) is 0 Å². The van der Waals surface area contributed by atoms with Crippen LogP contribution in [0.15, 0.2) is 12.2 Å². The second-order valence-electron chi connectivity index (χ2n) is 25.9. The van der Waals surface area contributed by atoms with Gasteiger partial charge in [-0.05, 0) is 44.9 Å². The monoisotopic (exact) mass is 1160 g/mol. The SMILES string of the molecule is CCCCCCCC/C=C\CCCCCCCC(=O)OC(COC(=O)CCCCCCCCCCCCCCCCC)COC(=O)CCCCCCCCCCCCCCCCCCCCCCCCCCCCCCCCCCCC. The van der Waals surface area contributed by atoms with Crippen LogP contribution < -0.4 is 0 Å². The molecule has 0 aromatic rings. The molecular formula is C76H146O6. The molecule has 0 fully saturated rings. The molecular weight excluding hydrogens is 1010 g/mol. The lowest BCUT2D eigenvalue weighted by Crippen LogP contribution is -2.30. The molecule has 6 heteroatoms. The van der Waals surface area contributed by atoms with Crippen molar-refractivity contribution in [3.8, 4) is 0 Å². The quantitative estimate of drug-likeness (QED) is 0.0261. The molecule has 0 aromatic heterocycles. The van der Waals surface area contributed by atoms with Crippen LogP contribution in [0.5, 0.6) is 0 Å². The summed E-state index contributed by atoms with van der Waals surface area (Å²) in [4.78, 5) is 38.4. The number of ether oxygens (including phenoxy) is 3. The molecule has 0 rings (SSSR count). The molecule has 0 aromatic carbocycles. The molecule has 0 aliphatic heterocycles. The second kappa shape index (κ2) is 71.6. The van der Waals surface area contributed by atoms with E-state index in [1.54, 1.807) is 0 Å². The van der Waals surface area contributed by atoms with Crippen LogP contribution in [-0.2, 0) is 28.6 Å². The molecule has 0 saturated heterocycles. The van der Waals surface area contributed by atoms with Crippen molar-refractivity contribution < 1.29 is 28.6 Å². The summed E-state index contributed by atoms with van der Waals surface area (Å²) in [6, 6.07) is 0. The molecule has 0 aliphatic rings.